The Hall–Kier alpha value is -3.39. The van der Waals surface area contributed by atoms with Crippen LogP contribution < -0.4 is 10.0 Å². The van der Waals surface area contributed by atoms with Gasteiger partial charge in [0.15, 0.2) is 0 Å². The molecule has 35 heavy (non-hydrogen) atoms. The molecule has 9 heteroatoms. The highest BCUT2D eigenvalue weighted by molar-refractivity contribution is 7.91. The molecule has 0 radical (unpaired) electrons. The number of halogens is 2. The van der Waals surface area contributed by atoms with Crippen LogP contribution in [-0.2, 0) is 15.8 Å². The Kier molecular flexibility index (Phi) is 5.79. The number of sulfonamides is 1. The molecular formula is C26H18Cl2N2O4S. The van der Waals surface area contributed by atoms with Crippen LogP contribution in [0.5, 0.6) is 0 Å². The number of rotatable bonds is 5. The molecule has 0 fully saturated rings. The normalized spacial score (nSPS) is 13.1. The predicted octanol–water partition coefficient (Wildman–Crippen LogP) is 5.95. The van der Waals surface area contributed by atoms with Crippen molar-refractivity contribution in [1.82, 2.24) is 5.32 Å². The second-order valence-corrected chi connectivity index (χ2v) is 10.9. The fourth-order valence-electron chi connectivity index (χ4n) is 4.22. The zero-order valence-corrected chi connectivity index (χ0v) is 20.7. The summed E-state index contributed by atoms with van der Waals surface area (Å²) in [4.78, 5) is 25.8. The molecule has 176 valence electrons. The second-order valence-electron chi connectivity index (χ2n) is 8.34. The lowest BCUT2D eigenvalue weighted by Gasteiger charge is -2.24. The number of benzene rings is 4. The van der Waals surface area contributed by atoms with Crippen molar-refractivity contribution in [2.24, 2.45) is 0 Å². The van der Waals surface area contributed by atoms with Gasteiger partial charge in [0.1, 0.15) is 0 Å². The van der Waals surface area contributed by atoms with Gasteiger partial charge < -0.3 is 0 Å². The van der Waals surface area contributed by atoms with Crippen LogP contribution in [0.15, 0.2) is 66.7 Å². The van der Waals surface area contributed by atoms with Crippen molar-refractivity contribution in [1.29, 1.82) is 0 Å². The van der Waals surface area contributed by atoms with E-state index in [2.05, 4.69) is 10.0 Å². The lowest BCUT2D eigenvalue weighted by atomic mass is 9.86. The molecule has 2 N–H and O–H groups in total. The van der Waals surface area contributed by atoms with Crippen LogP contribution in [0, 0.1) is 6.92 Å². The van der Waals surface area contributed by atoms with E-state index in [1.165, 1.54) is 12.1 Å². The number of imide groups is 1. The van der Waals surface area contributed by atoms with Crippen molar-refractivity contribution < 1.29 is 18.0 Å². The first-order chi connectivity index (χ1) is 16.6. The highest BCUT2D eigenvalue weighted by Gasteiger charge is 2.32. The van der Waals surface area contributed by atoms with E-state index in [0.717, 1.165) is 5.56 Å². The molecule has 0 aliphatic carbocycles. The highest BCUT2D eigenvalue weighted by atomic mass is 35.5. The number of carbonyl (C=O) groups is 2. The van der Waals surface area contributed by atoms with Crippen LogP contribution in [0.1, 0.15) is 31.8 Å². The molecule has 6 nitrogen and oxygen atoms in total. The number of aryl methyl sites for hydroxylation is 1. The number of carbonyl (C=O) groups excluding carboxylic acids is 2. The first-order valence-electron chi connectivity index (χ1n) is 10.6. The summed E-state index contributed by atoms with van der Waals surface area (Å²) in [5.74, 6) is -1.43. The third-order valence-electron chi connectivity index (χ3n) is 5.82. The Morgan fingerprint density at radius 3 is 2.26 bits per heavy atom. The van der Waals surface area contributed by atoms with Gasteiger partial charge in [0, 0.05) is 16.7 Å². The number of hydrogen-bond acceptors (Lipinski definition) is 4. The van der Waals surface area contributed by atoms with Gasteiger partial charge >= 0.3 is 0 Å². The van der Waals surface area contributed by atoms with E-state index in [9.17, 15) is 18.0 Å². The fraction of sp³-hybridized carbons (Fsp3) is 0.0769. The van der Waals surface area contributed by atoms with Crippen molar-refractivity contribution in [3.63, 3.8) is 0 Å². The summed E-state index contributed by atoms with van der Waals surface area (Å²) in [5.41, 5.74) is 2.81. The molecule has 2 amide bonds. The molecule has 1 heterocycles. The minimum atomic E-state index is -3.88. The predicted molar refractivity (Wildman–Crippen MR) is 139 cm³/mol. The topological polar surface area (TPSA) is 92.3 Å². The highest BCUT2D eigenvalue weighted by Crippen LogP contribution is 2.43. The Morgan fingerprint density at radius 2 is 1.51 bits per heavy atom. The summed E-state index contributed by atoms with van der Waals surface area (Å²) in [6.07, 6.45) is 0. The maximum absolute atomic E-state index is 13.1. The fourth-order valence-corrected chi connectivity index (χ4v) is 5.76. The maximum atomic E-state index is 13.1. The van der Waals surface area contributed by atoms with E-state index in [4.69, 9.17) is 23.2 Å². The Balaban J connectivity index is 1.70. The second kappa shape index (κ2) is 8.68. The van der Waals surface area contributed by atoms with E-state index in [-0.39, 0.29) is 38.2 Å². The van der Waals surface area contributed by atoms with Crippen LogP contribution in [0.25, 0.3) is 21.9 Å². The van der Waals surface area contributed by atoms with Crippen molar-refractivity contribution in [2.45, 2.75) is 12.7 Å². The average Bonchev–Trinajstić information content (AvgIpc) is 2.80. The Morgan fingerprint density at radius 1 is 0.829 bits per heavy atom. The number of amides is 2. The molecule has 0 atom stereocenters. The lowest BCUT2D eigenvalue weighted by molar-refractivity contribution is 0.0843. The number of hydrogen-bond donors (Lipinski definition) is 2. The lowest BCUT2D eigenvalue weighted by Crippen LogP contribution is -2.36. The maximum Gasteiger partial charge on any atom is 0.259 e. The largest absolute Gasteiger partial charge is 0.288 e. The summed E-state index contributed by atoms with van der Waals surface area (Å²) in [6.45, 7) is 1.92. The van der Waals surface area contributed by atoms with Gasteiger partial charge in [-0.2, -0.15) is 0 Å². The van der Waals surface area contributed by atoms with Gasteiger partial charge in [-0.05, 0) is 41.5 Å². The smallest absolute Gasteiger partial charge is 0.259 e. The van der Waals surface area contributed by atoms with Crippen molar-refractivity contribution in [3.05, 3.63) is 99.0 Å². The quantitative estimate of drug-likeness (QED) is 0.315. The van der Waals surface area contributed by atoms with E-state index < -0.39 is 21.8 Å². The van der Waals surface area contributed by atoms with Gasteiger partial charge in [-0.1, -0.05) is 77.3 Å². The van der Waals surface area contributed by atoms with E-state index in [1.807, 2.05) is 25.1 Å². The van der Waals surface area contributed by atoms with Gasteiger partial charge in [0.2, 0.25) is 10.0 Å². The monoisotopic (exact) mass is 524 g/mol. The van der Waals surface area contributed by atoms with Gasteiger partial charge in [-0.15, -0.1) is 0 Å². The van der Waals surface area contributed by atoms with Crippen LogP contribution >= 0.6 is 23.2 Å². The first kappa shape index (κ1) is 23.4. The van der Waals surface area contributed by atoms with E-state index in [0.29, 0.717) is 21.9 Å². The minimum Gasteiger partial charge on any atom is -0.288 e. The van der Waals surface area contributed by atoms with Crippen LogP contribution in [0.3, 0.4) is 0 Å². The van der Waals surface area contributed by atoms with Crippen molar-refractivity contribution in [3.8, 4) is 11.1 Å². The van der Waals surface area contributed by atoms with Crippen LogP contribution in [-0.4, -0.2) is 20.2 Å². The van der Waals surface area contributed by atoms with Gasteiger partial charge in [0.05, 0.1) is 27.0 Å². The summed E-state index contributed by atoms with van der Waals surface area (Å²) < 4.78 is 28.8. The SMILES string of the molecule is Cc1ccc(CS(=O)(=O)Nc2cc(Cl)c(Cl)cc2-c2c3cc4ccccc4c2C(=O)NC3=O)cc1. The summed E-state index contributed by atoms with van der Waals surface area (Å²) in [6, 6.07) is 18.8. The zero-order chi connectivity index (χ0) is 24.9. The zero-order valence-electron chi connectivity index (χ0n) is 18.4. The summed E-state index contributed by atoms with van der Waals surface area (Å²) in [7, 11) is -3.88. The van der Waals surface area contributed by atoms with E-state index in [1.54, 1.807) is 36.4 Å². The third-order valence-corrected chi connectivity index (χ3v) is 7.79. The van der Waals surface area contributed by atoms with Gasteiger partial charge in [-0.3, -0.25) is 19.6 Å². The molecule has 0 unspecified atom stereocenters. The molecule has 5 rings (SSSR count). The molecule has 0 saturated heterocycles. The molecule has 1 aliphatic rings. The van der Waals surface area contributed by atoms with Crippen molar-refractivity contribution in [2.75, 3.05) is 4.72 Å². The van der Waals surface area contributed by atoms with Crippen LogP contribution in [0.2, 0.25) is 10.0 Å². The molecule has 1 aliphatic heterocycles. The molecule has 4 aromatic carbocycles. The van der Waals surface area contributed by atoms with Gasteiger partial charge in [0.25, 0.3) is 11.8 Å². The Bertz CT molecular complexity index is 1650. The van der Waals surface area contributed by atoms with Crippen molar-refractivity contribution >= 4 is 61.5 Å². The first-order valence-corrected chi connectivity index (χ1v) is 13.0. The molecule has 0 spiro atoms. The standard InChI is InChI=1S/C26H18Cl2N2O4S/c1-14-6-8-15(9-7-14)13-35(33,34)30-22-12-21(28)20(27)11-18(22)23-19-10-16-4-2-3-5-17(16)24(23)26(32)29-25(19)31/h2-12,30H,13H2,1H3,(H,29,31,32). The molecule has 0 aromatic heterocycles. The minimum absolute atomic E-state index is 0.117. The van der Waals surface area contributed by atoms with E-state index >= 15 is 0 Å². The van der Waals surface area contributed by atoms with Crippen LogP contribution in [0.4, 0.5) is 5.69 Å². The average molecular weight is 525 g/mol. The number of nitrogens with one attached hydrogen (secondary N) is 2. The third kappa shape index (κ3) is 4.38. The molecule has 4 aromatic rings. The molecule has 2 bridgehead atoms. The van der Waals surface area contributed by atoms with Gasteiger partial charge in [-0.25, -0.2) is 8.42 Å². The Labute approximate surface area is 211 Å². The molecular weight excluding hydrogens is 507 g/mol. The number of anilines is 1. The summed E-state index contributed by atoms with van der Waals surface area (Å²) >= 11 is 12.6. The summed E-state index contributed by atoms with van der Waals surface area (Å²) in [5, 5.41) is 3.97. The molecule has 0 saturated carbocycles. The number of fused-ring (bicyclic) bond motifs is 4.